The molecule has 1 aromatic carbocycles. The van der Waals surface area contributed by atoms with Gasteiger partial charge in [0.15, 0.2) is 0 Å². The molecule has 3 nitrogen and oxygen atoms in total. The number of nitrogens with zero attached hydrogens (tertiary/aromatic N) is 1. The Hall–Kier alpha value is -1.35. The number of ether oxygens (including phenoxy) is 1. The van der Waals surface area contributed by atoms with Crippen LogP contribution < -0.4 is 4.74 Å². The van der Waals surface area contributed by atoms with Gasteiger partial charge in [0.05, 0.1) is 7.11 Å². The molecule has 2 bridgehead atoms. The summed E-state index contributed by atoms with van der Waals surface area (Å²) in [5.74, 6) is 1.35. The van der Waals surface area contributed by atoms with Crippen LogP contribution in [0, 0.1) is 0 Å². The van der Waals surface area contributed by atoms with E-state index in [9.17, 15) is 4.79 Å². The maximum Gasteiger partial charge on any atom is 0.136 e. The molecular formula is C17H23NO2. The van der Waals surface area contributed by atoms with Crippen molar-refractivity contribution < 1.29 is 9.53 Å². The molecular weight excluding hydrogens is 250 g/mol. The third-order valence-electron chi connectivity index (χ3n) is 4.89. The van der Waals surface area contributed by atoms with Crippen molar-refractivity contribution in [3.63, 3.8) is 0 Å². The molecule has 0 saturated carbocycles. The lowest BCUT2D eigenvalue weighted by atomic mass is 9.82. The molecule has 0 amide bonds. The average molecular weight is 273 g/mol. The number of benzene rings is 1. The number of hydrogen-bond donors (Lipinski definition) is 0. The first kappa shape index (κ1) is 13.6. The lowest BCUT2D eigenvalue weighted by molar-refractivity contribution is -0.128. The number of fused-ring (bicyclic) bond motifs is 2. The Morgan fingerprint density at radius 3 is 2.30 bits per heavy atom. The normalized spacial score (nSPS) is 28.2. The van der Waals surface area contributed by atoms with Crippen molar-refractivity contribution in [1.82, 2.24) is 4.90 Å². The van der Waals surface area contributed by atoms with Gasteiger partial charge in [-0.1, -0.05) is 18.6 Å². The van der Waals surface area contributed by atoms with Gasteiger partial charge >= 0.3 is 0 Å². The number of Topliss-reactive ketones (excluding diaryl/α,β-unsaturated/α-hetero) is 1. The highest BCUT2D eigenvalue weighted by molar-refractivity contribution is 5.80. The Balaban J connectivity index is 1.81. The van der Waals surface area contributed by atoms with E-state index in [1.54, 1.807) is 7.11 Å². The van der Waals surface area contributed by atoms with Crippen LogP contribution in [0.1, 0.15) is 50.6 Å². The van der Waals surface area contributed by atoms with Gasteiger partial charge in [-0.3, -0.25) is 9.69 Å². The van der Waals surface area contributed by atoms with E-state index in [1.807, 2.05) is 12.1 Å². The molecule has 0 aliphatic carbocycles. The van der Waals surface area contributed by atoms with Crippen LogP contribution in [0.25, 0.3) is 0 Å². The average Bonchev–Trinajstić information content (AvgIpc) is 2.46. The van der Waals surface area contributed by atoms with Gasteiger partial charge in [-0.15, -0.1) is 0 Å². The van der Waals surface area contributed by atoms with Crippen LogP contribution in [-0.2, 0) is 4.79 Å². The highest BCUT2D eigenvalue weighted by atomic mass is 16.5. The Labute approximate surface area is 120 Å². The first-order valence-electron chi connectivity index (χ1n) is 7.62. The predicted octanol–water partition coefficient (Wildman–Crippen LogP) is 3.34. The van der Waals surface area contributed by atoms with Crippen molar-refractivity contribution in [3.8, 4) is 5.75 Å². The van der Waals surface area contributed by atoms with Gasteiger partial charge in [-0.2, -0.15) is 0 Å². The molecule has 2 fully saturated rings. The predicted molar refractivity (Wildman–Crippen MR) is 78.9 cm³/mol. The van der Waals surface area contributed by atoms with Gasteiger partial charge in [0.2, 0.25) is 0 Å². The Morgan fingerprint density at radius 1 is 1.15 bits per heavy atom. The maximum atomic E-state index is 11.8. The SMILES string of the molecule is COc1ccc(C(C)N2C3CCCC2CC(=O)C3)cc1. The number of hydrogen-bond acceptors (Lipinski definition) is 3. The third-order valence-corrected chi connectivity index (χ3v) is 4.89. The summed E-state index contributed by atoms with van der Waals surface area (Å²) in [5, 5.41) is 0. The molecule has 3 unspecified atom stereocenters. The Morgan fingerprint density at radius 2 is 1.75 bits per heavy atom. The van der Waals surface area contributed by atoms with Crippen LogP contribution >= 0.6 is 0 Å². The van der Waals surface area contributed by atoms with E-state index >= 15 is 0 Å². The minimum Gasteiger partial charge on any atom is -0.497 e. The molecule has 2 heterocycles. The highest BCUT2D eigenvalue weighted by Gasteiger charge is 2.40. The first-order valence-corrected chi connectivity index (χ1v) is 7.62. The zero-order chi connectivity index (χ0) is 14.1. The monoisotopic (exact) mass is 273 g/mol. The summed E-state index contributed by atoms with van der Waals surface area (Å²) in [4.78, 5) is 14.4. The van der Waals surface area contributed by atoms with Crippen LogP contribution in [0.2, 0.25) is 0 Å². The summed E-state index contributed by atoms with van der Waals surface area (Å²) in [5.41, 5.74) is 1.32. The molecule has 3 rings (SSSR count). The molecule has 108 valence electrons. The fourth-order valence-electron chi connectivity index (χ4n) is 3.90. The van der Waals surface area contributed by atoms with Gasteiger partial charge < -0.3 is 4.74 Å². The van der Waals surface area contributed by atoms with E-state index in [-0.39, 0.29) is 0 Å². The second-order valence-electron chi connectivity index (χ2n) is 6.08. The van der Waals surface area contributed by atoms with Crippen LogP contribution in [0.3, 0.4) is 0 Å². The summed E-state index contributed by atoms with van der Waals surface area (Å²) in [6.07, 6.45) is 5.11. The van der Waals surface area contributed by atoms with Gasteiger partial charge in [0.1, 0.15) is 11.5 Å². The number of carbonyl (C=O) groups excluding carboxylic acids is 1. The highest BCUT2D eigenvalue weighted by Crippen LogP contribution is 2.38. The fourth-order valence-corrected chi connectivity index (χ4v) is 3.90. The summed E-state index contributed by atoms with van der Waals surface area (Å²) in [6.45, 7) is 2.27. The lowest BCUT2D eigenvalue weighted by Crippen LogP contribution is -2.53. The lowest BCUT2D eigenvalue weighted by Gasteiger charge is -2.48. The number of methoxy groups -OCH3 is 1. The van der Waals surface area contributed by atoms with Crippen LogP contribution in [0.4, 0.5) is 0 Å². The van der Waals surface area contributed by atoms with Crippen molar-refractivity contribution in [2.24, 2.45) is 0 Å². The van der Waals surface area contributed by atoms with Crippen molar-refractivity contribution in [1.29, 1.82) is 0 Å². The van der Waals surface area contributed by atoms with E-state index in [4.69, 9.17) is 4.74 Å². The molecule has 2 aliphatic heterocycles. The molecule has 20 heavy (non-hydrogen) atoms. The minimum atomic E-state index is 0.379. The summed E-state index contributed by atoms with van der Waals surface area (Å²) < 4.78 is 5.22. The van der Waals surface area contributed by atoms with E-state index in [0.717, 1.165) is 18.6 Å². The van der Waals surface area contributed by atoms with E-state index in [1.165, 1.54) is 24.8 Å². The second kappa shape index (κ2) is 5.57. The molecule has 1 aromatic rings. The van der Waals surface area contributed by atoms with E-state index in [2.05, 4.69) is 24.0 Å². The number of carbonyl (C=O) groups is 1. The van der Waals surface area contributed by atoms with E-state index < -0.39 is 0 Å². The number of ketones is 1. The second-order valence-corrected chi connectivity index (χ2v) is 6.08. The largest absolute Gasteiger partial charge is 0.497 e. The smallest absolute Gasteiger partial charge is 0.136 e. The Kier molecular flexibility index (Phi) is 3.79. The van der Waals surface area contributed by atoms with Crippen molar-refractivity contribution in [2.45, 2.75) is 57.2 Å². The van der Waals surface area contributed by atoms with Crippen LogP contribution in [0.15, 0.2) is 24.3 Å². The number of piperidine rings is 2. The van der Waals surface area contributed by atoms with Crippen LogP contribution in [0.5, 0.6) is 5.75 Å². The summed E-state index contributed by atoms with van der Waals surface area (Å²) in [6, 6.07) is 9.63. The molecule has 3 heteroatoms. The first-order chi connectivity index (χ1) is 9.69. The standard InChI is InChI=1S/C17H23NO2/c1-12(13-6-8-17(20-2)9-7-13)18-14-4-3-5-15(18)11-16(19)10-14/h6-9,12,14-15H,3-5,10-11H2,1-2H3. The van der Waals surface area contributed by atoms with Gasteiger partial charge in [0.25, 0.3) is 0 Å². The van der Waals surface area contributed by atoms with Crippen LogP contribution in [-0.4, -0.2) is 29.9 Å². The molecule has 0 aromatic heterocycles. The van der Waals surface area contributed by atoms with Crippen molar-refractivity contribution in [2.75, 3.05) is 7.11 Å². The molecule has 0 spiro atoms. The van der Waals surface area contributed by atoms with Gasteiger partial charge in [0, 0.05) is 31.0 Å². The zero-order valence-corrected chi connectivity index (χ0v) is 12.3. The Bertz CT molecular complexity index is 466. The molecule has 3 atom stereocenters. The van der Waals surface area contributed by atoms with Gasteiger partial charge in [-0.05, 0) is 37.5 Å². The molecule has 0 radical (unpaired) electrons. The maximum absolute atomic E-state index is 11.8. The quantitative estimate of drug-likeness (QED) is 0.846. The fraction of sp³-hybridized carbons (Fsp3) is 0.588. The summed E-state index contributed by atoms with van der Waals surface area (Å²) in [7, 11) is 1.69. The van der Waals surface area contributed by atoms with E-state index in [0.29, 0.717) is 23.9 Å². The van der Waals surface area contributed by atoms with Crippen molar-refractivity contribution in [3.05, 3.63) is 29.8 Å². The molecule has 2 aliphatic rings. The third kappa shape index (κ3) is 2.47. The molecule has 0 N–H and O–H groups in total. The number of rotatable bonds is 3. The van der Waals surface area contributed by atoms with Gasteiger partial charge in [-0.25, -0.2) is 0 Å². The topological polar surface area (TPSA) is 29.5 Å². The van der Waals surface area contributed by atoms with Crippen molar-refractivity contribution >= 4 is 5.78 Å². The molecule has 2 saturated heterocycles. The minimum absolute atomic E-state index is 0.379. The zero-order valence-electron chi connectivity index (χ0n) is 12.3. The summed E-state index contributed by atoms with van der Waals surface area (Å²) >= 11 is 0.